The van der Waals surface area contributed by atoms with E-state index in [1.807, 2.05) is 19.1 Å². The van der Waals surface area contributed by atoms with E-state index in [1.54, 1.807) is 6.92 Å². The van der Waals surface area contributed by atoms with Gasteiger partial charge in [-0.15, -0.1) is 11.3 Å². The van der Waals surface area contributed by atoms with Gasteiger partial charge in [-0.3, -0.25) is 4.79 Å². The molecule has 5 nitrogen and oxygen atoms in total. The number of aryl methyl sites for hydroxylation is 2. The zero-order chi connectivity index (χ0) is 18.7. The van der Waals surface area contributed by atoms with E-state index in [9.17, 15) is 9.59 Å². The Morgan fingerprint density at radius 1 is 1.31 bits per heavy atom. The highest BCUT2D eigenvalue weighted by Gasteiger charge is 2.29. The first-order chi connectivity index (χ1) is 12.5. The number of rotatable bonds is 7. The monoisotopic (exact) mass is 372 g/mol. The lowest BCUT2D eigenvalue weighted by Gasteiger charge is -2.12. The van der Waals surface area contributed by atoms with Crippen molar-refractivity contribution in [2.45, 2.75) is 46.1 Å². The summed E-state index contributed by atoms with van der Waals surface area (Å²) in [5.41, 5.74) is 2.86. The van der Waals surface area contributed by atoms with Gasteiger partial charge in [0.05, 0.1) is 5.69 Å². The molecule has 1 aromatic carbocycles. The lowest BCUT2D eigenvalue weighted by Crippen LogP contribution is -2.37. The van der Waals surface area contributed by atoms with Crippen LogP contribution in [0, 0.1) is 12.8 Å². The van der Waals surface area contributed by atoms with Gasteiger partial charge in [0.2, 0.25) is 0 Å². The van der Waals surface area contributed by atoms with Gasteiger partial charge in [0.25, 0.3) is 5.91 Å². The van der Waals surface area contributed by atoms with Crippen LogP contribution in [0.25, 0.3) is 10.6 Å². The number of esters is 1. The molecule has 1 saturated carbocycles. The van der Waals surface area contributed by atoms with E-state index in [0.717, 1.165) is 29.8 Å². The van der Waals surface area contributed by atoms with Crippen LogP contribution >= 0.6 is 11.3 Å². The van der Waals surface area contributed by atoms with Crippen molar-refractivity contribution in [2.75, 3.05) is 6.61 Å². The average molecular weight is 372 g/mol. The molecular weight excluding hydrogens is 348 g/mol. The molecule has 26 heavy (non-hydrogen) atoms. The van der Waals surface area contributed by atoms with Crippen molar-refractivity contribution in [3.8, 4) is 10.6 Å². The molecule has 1 atom stereocenters. The van der Waals surface area contributed by atoms with Crippen LogP contribution in [-0.4, -0.2) is 29.5 Å². The summed E-state index contributed by atoms with van der Waals surface area (Å²) in [6.45, 7) is 5.62. The topological polar surface area (TPSA) is 68.3 Å². The molecule has 0 spiro atoms. The van der Waals surface area contributed by atoms with Crippen LogP contribution in [0.1, 0.15) is 47.6 Å². The number of aromatic nitrogens is 1. The van der Waals surface area contributed by atoms with Gasteiger partial charge in [0, 0.05) is 11.6 Å². The molecule has 1 aliphatic carbocycles. The standard InChI is InChI=1S/C20H24N2O3S/c1-4-14-5-7-16(8-6-14)19-22-13(3)18(26-19)20(24)25-11-17(23)21-12(2)15-9-10-15/h5-8,12,15H,4,9-11H2,1-3H3,(H,21,23)/t12-/m1/s1. The minimum atomic E-state index is -0.495. The Labute approximate surface area is 157 Å². The second-order valence-corrected chi connectivity index (χ2v) is 7.75. The van der Waals surface area contributed by atoms with Gasteiger partial charge in [-0.25, -0.2) is 9.78 Å². The molecule has 1 heterocycles. The average Bonchev–Trinajstić information content (AvgIpc) is 3.42. The normalized spacial score (nSPS) is 14.7. The van der Waals surface area contributed by atoms with Crippen molar-refractivity contribution in [3.05, 3.63) is 40.4 Å². The summed E-state index contributed by atoms with van der Waals surface area (Å²) in [7, 11) is 0. The van der Waals surface area contributed by atoms with E-state index in [2.05, 4.69) is 29.4 Å². The summed E-state index contributed by atoms with van der Waals surface area (Å²) in [5.74, 6) is -0.180. The summed E-state index contributed by atoms with van der Waals surface area (Å²) in [6.07, 6.45) is 3.29. The van der Waals surface area contributed by atoms with Crippen LogP contribution in [0.2, 0.25) is 0 Å². The van der Waals surface area contributed by atoms with Crippen molar-refractivity contribution in [1.82, 2.24) is 10.3 Å². The van der Waals surface area contributed by atoms with Crippen molar-refractivity contribution in [2.24, 2.45) is 5.92 Å². The zero-order valence-electron chi connectivity index (χ0n) is 15.4. The lowest BCUT2D eigenvalue weighted by molar-refractivity contribution is -0.124. The van der Waals surface area contributed by atoms with E-state index in [4.69, 9.17) is 4.74 Å². The number of carbonyl (C=O) groups is 2. The molecule has 0 saturated heterocycles. The molecule has 3 rings (SSSR count). The minimum absolute atomic E-state index is 0.143. The second kappa shape index (κ2) is 7.99. The Balaban J connectivity index is 1.60. The van der Waals surface area contributed by atoms with Crippen LogP contribution in [-0.2, 0) is 16.0 Å². The van der Waals surface area contributed by atoms with Crippen molar-refractivity contribution < 1.29 is 14.3 Å². The second-order valence-electron chi connectivity index (χ2n) is 6.75. The maximum atomic E-state index is 12.3. The summed E-state index contributed by atoms with van der Waals surface area (Å²) < 4.78 is 5.18. The molecular formula is C20H24N2O3S. The lowest BCUT2D eigenvalue weighted by atomic mass is 10.1. The number of nitrogens with one attached hydrogen (secondary N) is 1. The van der Waals surface area contributed by atoms with E-state index < -0.39 is 5.97 Å². The molecule has 0 unspecified atom stereocenters. The quantitative estimate of drug-likeness (QED) is 0.752. The number of nitrogens with zero attached hydrogens (tertiary/aromatic N) is 1. The zero-order valence-corrected chi connectivity index (χ0v) is 16.2. The van der Waals surface area contributed by atoms with Crippen molar-refractivity contribution in [3.63, 3.8) is 0 Å². The van der Waals surface area contributed by atoms with Gasteiger partial charge in [-0.1, -0.05) is 31.2 Å². The van der Waals surface area contributed by atoms with Gasteiger partial charge >= 0.3 is 5.97 Å². The van der Waals surface area contributed by atoms with Gasteiger partial charge < -0.3 is 10.1 Å². The fourth-order valence-electron chi connectivity index (χ4n) is 2.80. The summed E-state index contributed by atoms with van der Waals surface area (Å²) in [4.78, 5) is 29.1. The number of carbonyl (C=O) groups excluding carboxylic acids is 2. The summed E-state index contributed by atoms with van der Waals surface area (Å²) in [6, 6.07) is 8.30. The highest BCUT2D eigenvalue weighted by atomic mass is 32.1. The Hall–Kier alpha value is -2.21. The fraction of sp³-hybridized carbons (Fsp3) is 0.450. The molecule has 0 radical (unpaired) electrons. The SMILES string of the molecule is CCc1ccc(-c2nc(C)c(C(=O)OCC(=O)N[C@H](C)C3CC3)s2)cc1. The van der Waals surface area contributed by atoms with Gasteiger partial charge in [-0.2, -0.15) is 0 Å². The molecule has 138 valence electrons. The third-order valence-electron chi connectivity index (χ3n) is 4.64. The first kappa shape index (κ1) is 18.6. The van der Waals surface area contributed by atoms with E-state index in [-0.39, 0.29) is 18.6 Å². The molecule has 1 fully saturated rings. The third-order valence-corrected chi connectivity index (χ3v) is 5.83. The van der Waals surface area contributed by atoms with Crippen LogP contribution in [0.3, 0.4) is 0 Å². The summed E-state index contributed by atoms with van der Waals surface area (Å²) >= 11 is 1.30. The molecule has 1 aliphatic rings. The van der Waals surface area contributed by atoms with Crippen LogP contribution in [0.15, 0.2) is 24.3 Å². The van der Waals surface area contributed by atoms with Crippen LogP contribution in [0.4, 0.5) is 0 Å². The van der Waals surface area contributed by atoms with Crippen molar-refractivity contribution in [1.29, 1.82) is 0 Å². The van der Waals surface area contributed by atoms with Crippen molar-refractivity contribution >= 4 is 23.2 Å². The van der Waals surface area contributed by atoms with E-state index >= 15 is 0 Å². The molecule has 0 aliphatic heterocycles. The minimum Gasteiger partial charge on any atom is -0.451 e. The predicted molar refractivity (Wildman–Crippen MR) is 102 cm³/mol. The Morgan fingerprint density at radius 3 is 2.62 bits per heavy atom. The Morgan fingerprint density at radius 2 is 2.00 bits per heavy atom. The van der Waals surface area contributed by atoms with Crippen LogP contribution in [0.5, 0.6) is 0 Å². The van der Waals surface area contributed by atoms with Gasteiger partial charge in [-0.05, 0) is 44.6 Å². The van der Waals surface area contributed by atoms with Gasteiger partial charge in [0.15, 0.2) is 6.61 Å². The number of ether oxygens (including phenoxy) is 1. The largest absolute Gasteiger partial charge is 0.451 e. The van der Waals surface area contributed by atoms with Crippen LogP contribution < -0.4 is 5.32 Å². The smallest absolute Gasteiger partial charge is 0.350 e. The molecule has 1 aromatic heterocycles. The number of amides is 1. The first-order valence-electron chi connectivity index (χ1n) is 9.01. The Kier molecular flexibility index (Phi) is 5.71. The number of hydrogen-bond donors (Lipinski definition) is 1. The maximum Gasteiger partial charge on any atom is 0.350 e. The molecule has 0 bridgehead atoms. The highest BCUT2D eigenvalue weighted by molar-refractivity contribution is 7.17. The molecule has 1 amide bonds. The molecule has 6 heteroatoms. The predicted octanol–water partition coefficient (Wildman–Crippen LogP) is 3.75. The molecule has 1 N–H and O–H groups in total. The first-order valence-corrected chi connectivity index (χ1v) is 9.82. The number of benzene rings is 1. The maximum absolute atomic E-state index is 12.3. The number of thiazole rings is 1. The summed E-state index contributed by atoms with van der Waals surface area (Å²) in [5, 5.41) is 3.66. The highest BCUT2D eigenvalue weighted by Crippen LogP contribution is 2.32. The van der Waals surface area contributed by atoms with E-state index in [1.165, 1.54) is 16.9 Å². The third kappa shape index (κ3) is 4.49. The molecule has 2 aromatic rings. The fourth-order valence-corrected chi connectivity index (χ4v) is 3.76. The number of hydrogen-bond acceptors (Lipinski definition) is 5. The Bertz CT molecular complexity index is 794. The van der Waals surface area contributed by atoms with Gasteiger partial charge in [0.1, 0.15) is 9.88 Å². The van der Waals surface area contributed by atoms with E-state index in [0.29, 0.717) is 16.5 Å².